The van der Waals surface area contributed by atoms with Crippen LogP contribution in [0.25, 0.3) is 0 Å². The number of benzene rings is 1. The average molecular weight is 262 g/mol. The number of nitrogens with zero attached hydrogens (tertiary/aromatic N) is 1. The SMILES string of the molecule is COc1c(C(N)c2csc(C)n2)ccc(C)c1C. The lowest BCUT2D eigenvalue weighted by Gasteiger charge is -2.17. The quantitative estimate of drug-likeness (QED) is 0.924. The second-order valence-corrected chi connectivity index (χ2v) is 5.46. The van der Waals surface area contributed by atoms with Gasteiger partial charge in [-0.3, -0.25) is 0 Å². The van der Waals surface area contributed by atoms with Gasteiger partial charge in [-0.2, -0.15) is 0 Å². The Bertz CT molecular complexity index is 563. The number of aromatic nitrogens is 1. The van der Waals surface area contributed by atoms with Gasteiger partial charge < -0.3 is 10.5 Å². The molecular weight excluding hydrogens is 244 g/mol. The molecule has 0 saturated carbocycles. The normalized spacial score (nSPS) is 12.5. The molecule has 0 fully saturated rings. The van der Waals surface area contributed by atoms with Crippen LogP contribution in [0.5, 0.6) is 5.75 Å². The standard InChI is InChI=1S/C14H18N2OS/c1-8-5-6-11(14(17-4)9(8)2)13(15)12-7-18-10(3)16-12/h5-7,13H,15H2,1-4H3. The highest BCUT2D eigenvalue weighted by Crippen LogP contribution is 2.33. The molecular formula is C14H18N2OS. The predicted octanol–water partition coefficient (Wildman–Crippen LogP) is 3.13. The van der Waals surface area contributed by atoms with Crippen LogP contribution in [0.4, 0.5) is 0 Å². The summed E-state index contributed by atoms with van der Waals surface area (Å²) in [5.74, 6) is 0.869. The van der Waals surface area contributed by atoms with Crippen molar-refractivity contribution in [3.05, 3.63) is 44.9 Å². The molecule has 96 valence electrons. The van der Waals surface area contributed by atoms with E-state index in [1.165, 1.54) is 5.56 Å². The number of hydrogen-bond acceptors (Lipinski definition) is 4. The number of ether oxygens (including phenoxy) is 1. The van der Waals surface area contributed by atoms with Crippen LogP contribution in [0, 0.1) is 20.8 Å². The molecule has 2 N–H and O–H groups in total. The molecule has 0 aliphatic heterocycles. The molecule has 0 aliphatic rings. The Morgan fingerprint density at radius 2 is 2.00 bits per heavy atom. The maximum absolute atomic E-state index is 6.29. The first-order valence-electron chi connectivity index (χ1n) is 5.86. The van der Waals surface area contributed by atoms with Gasteiger partial charge in [0.25, 0.3) is 0 Å². The minimum absolute atomic E-state index is 0.232. The molecule has 0 radical (unpaired) electrons. The van der Waals surface area contributed by atoms with Crippen molar-refractivity contribution in [1.29, 1.82) is 0 Å². The van der Waals surface area contributed by atoms with E-state index >= 15 is 0 Å². The van der Waals surface area contributed by atoms with Crippen LogP contribution >= 0.6 is 11.3 Å². The van der Waals surface area contributed by atoms with Crippen LogP contribution in [0.2, 0.25) is 0 Å². The first-order valence-corrected chi connectivity index (χ1v) is 6.74. The predicted molar refractivity (Wildman–Crippen MR) is 75.3 cm³/mol. The lowest BCUT2D eigenvalue weighted by Crippen LogP contribution is -2.14. The van der Waals surface area contributed by atoms with Crippen molar-refractivity contribution in [2.75, 3.05) is 7.11 Å². The number of methoxy groups -OCH3 is 1. The van der Waals surface area contributed by atoms with Gasteiger partial charge in [0.2, 0.25) is 0 Å². The smallest absolute Gasteiger partial charge is 0.127 e. The van der Waals surface area contributed by atoms with Crippen LogP contribution in [-0.4, -0.2) is 12.1 Å². The summed E-state index contributed by atoms with van der Waals surface area (Å²) in [6.07, 6.45) is 0. The van der Waals surface area contributed by atoms with E-state index in [4.69, 9.17) is 10.5 Å². The van der Waals surface area contributed by atoms with E-state index in [2.05, 4.69) is 24.9 Å². The second-order valence-electron chi connectivity index (χ2n) is 4.40. The first kappa shape index (κ1) is 13.1. The van der Waals surface area contributed by atoms with Gasteiger partial charge >= 0.3 is 0 Å². The molecule has 4 heteroatoms. The monoisotopic (exact) mass is 262 g/mol. The maximum atomic E-state index is 6.29. The highest BCUT2D eigenvalue weighted by Gasteiger charge is 2.18. The Kier molecular flexibility index (Phi) is 3.68. The van der Waals surface area contributed by atoms with E-state index in [1.807, 2.05) is 18.4 Å². The number of thiazole rings is 1. The van der Waals surface area contributed by atoms with Crippen molar-refractivity contribution >= 4 is 11.3 Å². The van der Waals surface area contributed by atoms with E-state index in [9.17, 15) is 0 Å². The van der Waals surface area contributed by atoms with E-state index in [1.54, 1.807) is 18.4 Å². The third-order valence-corrected chi connectivity index (χ3v) is 3.99. The van der Waals surface area contributed by atoms with Gasteiger partial charge in [-0.1, -0.05) is 12.1 Å². The fourth-order valence-electron chi connectivity index (χ4n) is 2.01. The third kappa shape index (κ3) is 2.26. The third-order valence-electron chi connectivity index (χ3n) is 3.20. The molecule has 0 spiro atoms. The molecule has 1 unspecified atom stereocenters. The van der Waals surface area contributed by atoms with Gasteiger partial charge in [0.15, 0.2) is 0 Å². The summed E-state index contributed by atoms with van der Waals surface area (Å²) in [5, 5.41) is 3.04. The van der Waals surface area contributed by atoms with Gasteiger partial charge in [0, 0.05) is 10.9 Å². The van der Waals surface area contributed by atoms with Gasteiger partial charge in [0.1, 0.15) is 5.75 Å². The molecule has 18 heavy (non-hydrogen) atoms. The summed E-state index contributed by atoms with van der Waals surface area (Å²) >= 11 is 1.62. The second kappa shape index (κ2) is 5.08. The molecule has 1 aromatic heterocycles. The van der Waals surface area contributed by atoms with Gasteiger partial charge in [-0.05, 0) is 31.9 Å². The molecule has 0 saturated heterocycles. The average Bonchev–Trinajstić information content (AvgIpc) is 2.78. The molecule has 1 aromatic carbocycles. The molecule has 0 amide bonds. The van der Waals surface area contributed by atoms with Crippen molar-refractivity contribution in [1.82, 2.24) is 4.98 Å². The minimum atomic E-state index is -0.232. The maximum Gasteiger partial charge on any atom is 0.127 e. The van der Waals surface area contributed by atoms with E-state index in [0.29, 0.717) is 0 Å². The van der Waals surface area contributed by atoms with Gasteiger partial charge in [0.05, 0.1) is 23.9 Å². The highest BCUT2D eigenvalue weighted by molar-refractivity contribution is 7.09. The lowest BCUT2D eigenvalue weighted by atomic mass is 9.98. The Labute approximate surface area is 112 Å². The van der Waals surface area contributed by atoms with Crippen LogP contribution in [0.3, 0.4) is 0 Å². The van der Waals surface area contributed by atoms with Crippen molar-refractivity contribution in [2.45, 2.75) is 26.8 Å². The summed E-state index contributed by atoms with van der Waals surface area (Å²) in [7, 11) is 1.68. The van der Waals surface area contributed by atoms with Crippen LogP contribution in [0.15, 0.2) is 17.5 Å². The largest absolute Gasteiger partial charge is 0.496 e. The summed E-state index contributed by atoms with van der Waals surface area (Å²) in [6, 6.07) is 3.87. The summed E-state index contributed by atoms with van der Waals surface area (Å²) in [6.45, 7) is 6.11. The van der Waals surface area contributed by atoms with Gasteiger partial charge in [-0.25, -0.2) is 4.98 Å². The molecule has 2 aromatic rings. The molecule has 0 bridgehead atoms. The Hall–Kier alpha value is -1.39. The summed E-state index contributed by atoms with van der Waals surface area (Å²) in [5.41, 5.74) is 10.5. The Morgan fingerprint density at radius 1 is 1.28 bits per heavy atom. The van der Waals surface area contributed by atoms with Crippen molar-refractivity contribution in [3.8, 4) is 5.75 Å². The molecule has 1 heterocycles. The molecule has 2 rings (SSSR count). The Balaban J connectivity index is 2.48. The highest BCUT2D eigenvalue weighted by atomic mass is 32.1. The number of aryl methyl sites for hydroxylation is 2. The summed E-state index contributed by atoms with van der Waals surface area (Å²) in [4.78, 5) is 4.45. The molecule has 3 nitrogen and oxygen atoms in total. The topological polar surface area (TPSA) is 48.1 Å². The first-order chi connectivity index (χ1) is 8.54. The zero-order valence-corrected chi connectivity index (χ0v) is 12.0. The van der Waals surface area contributed by atoms with Crippen LogP contribution in [0.1, 0.15) is 33.4 Å². The Morgan fingerprint density at radius 3 is 2.56 bits per heavy atom. The zero-order valence-electron chi connectivity index (χ0n) is 11.2. The molecule has 1 atom stereocenters. The minimum Gasteiger partial charge on any atom is -0.496 e. The molecule has 0 aliphatic carbocycles. The van der Waals surface area contributed by atoms with Crippen molar-refractivity contribution in [2.24, 2.45) is 5.73 Å². The summed E-state index contributed by atoms with van der Waals surface area (Å²) < 4.78 is 5.50. The number of rotatable bonds is 3. The van der Waals surface area contributed by atoms with Crippen LogP contribution < -0.4 is 10.5 Å². The van der Waals surface area contributed by atoms with Crippen LogP contribution in [-0.2, 0) is 0 Å². The lowest BCUT2D eigenvalue weighted by molar-refractivity contribution is 0.404. The van der Waals surface area contributed by atoms with Gasteiger partial charge in [-0.15, -0.1) is 11.3 Å². The van der Waals surface area contributed by atoms with Crippen molar-refractivity contribution < 1.29 is 4.74 Å². The fraction of sp³-hybridized carbons (Fsp3) is 0.357. The number of nitrogens with two attached hydrogens (primary N) is 1. The zero-order chi connectivity index (χ0) is 13.3. The van der Waals surface area contributed by atoms with E-state index < -0.39 is 0 Å². The number of hydrogen-bond donors (Lipinski definition) is 1. The van der Waals surface area contributed by atoms with E-state index in [-0.39, 0.29) is 6.04 Å². The van der Waals surface area contributed by atoms with E-state index in [0.717, 1.165) is 27.6 Å². The van der Waals surface area contributed by atoms with Crippen molar-refractivity contribution in [3.63, 3.8) is 0 Å². The fourth-order valence-corrected chi connectivity index (χ4v) is 2.66.